The number of anilines is 1. The van der Waals surface area contributed by atoms with Gasteiger partial charge in [0, 0.05) is 22.5 Å². The number of benzene rings is 2. The Bertz CT molecular complexity index is 965. The Kier molecular flexibility index (Phi) is 5.61. The lowest BCUT2D eigenvalue weighted by atomic mass is 10.0. The Balaban J connectivity index is 1.83. The molecule has 0 saturated carbocycles. The molecule has 1 N–H and O–H groups in total. The summed E-state index contributed by atoms with van der Waals surface area (Å²) in [5, 5.41) is 2.91. The lowest BCUT2D eigenvalue weighted by molar-refractivity contribution is -0.0494. The van der Waals surface area contributed by atoms with E-state index in [9.17, 15) is 18.0 Å². The largest absolute Gasteiger partial charge is 0.434 e. The van der Waals surface area contributed by atoms with Crippen LogP contribution in [0.4, 0.5) is 18.9 Å². The molecule has 0 atom stereocenters. The smallest absolute Gasteiger partial charge is 0.387 e. The van der Waals surface area contributed by atoms with Crippen molar-refractivity contribution < 1.29 is 22.7 Å². The van der Waals surface area contributed by atoms with Crippen LogP contribution < -0.4 is 10.1 Å². The van der Waals surface area contributed by atoms with Crippen LogP contribution in [0.2, 0.25) is 5.02 Å². The second-order valence-corrected chi connectivity index (χ2v) is 5.84. The second-order valence-electron chi connectivity index (χ2n) is 5.41. The van der Waals surface area contributed by atoms with Crippen molar-refractivity contribution in [1.29, 1.82) is 0 Å². The fourth-order valence-corrected chi connectivity index (χ4v) is 2.59. The van der Waals surface area contributed by atoms with E-state index < -0.39 is 18.3 Å². The third-order valence-corrected chi connectivity index (χ3v) is 3.86. The molecule has 0 bridgehead atoms. The summed E-state index contributed by atoms with van der Waals surface area (Å²) in [4.78, 5) is 15.7. The van der Waals surface area contributed by atoms with Gasteiger partial charge in [-0.1, -0.05) is 23.7 Å². The third kappa shape index (κ3) is 4.57. The van der Waals surface area contributed by atoms with Crippen LogP contribution in [0.1, 0.15) is 10.4 Å². The molecule has 0 fully saturated rings. The summed E-state index contributed by atoms with van der Waals surface area (Å²) in [6.45, 7) is -2.97. The average molecular weight is 393 g/mol. The van der Waals surface area contributed by atoms with Crippen molar-refractivity contribution in [2.75, 3.05) is 5.32 Å². The molecule has 0 aliphatic heterocycles. The SMILES string of the molecule is O=C(Nc1ccc(-c2cc(Cl)ccc2OC(F)F)cc1)c1ccncc1F. The molecule has 1 aromatic heterocycles. The normalized spacial score (nSPS) is 10.7. The Morgan fingerprint density at radius 1 is 1.11 bits per heavy atom. The van der Waals surface area contributed by atoms with Gasteiger partial charge < -0.3 is 10.1 Å². The number of nitrogens with zero attached hydrogens (tertiary/aromatic N) is 1. The van der Waals surface area contributed by atoms with E-state index in [0.717, 1.165) is 6.20 Å². The highest BCUT2D eigenvalue weighted by molar-refractivity contribution is 6.31. The van der Waals surface area contributed by atoms with E-state index in [0.29, 0.717) is 21.8 Å². The van der Waals surface area contributed by atoms with E-state index >= 15 is 0 Å². The molecule has 4 nitrogen and oxygen atoms in total. The molecule has 3 aromatic rings. The summed E-state index contributed by atoms with van der Waals surface area (Å²) in [6.07, 6.45) is 2.26. The number of hydrogen-bond donors (Lipinski definition) is 1. The van der Waals surface area contributed by atoms with Gasteiger partial charge in [-0.15, -0.1) is 0 Å². The molecule has 0 spiro atoms. The zero-order valence-electron chi connectivity index (χ0n) is 13.6. The van der Waals surface area contributed by atoms with Gasteiger partial charge in [-0.2, -0.15) is 8.78 Å². The summed E-state index contributed by atoms with van der Waals surface area (Å²) in [7, 11) is 0. The fourth-order valence-electron chi connectivity index (χ4n) is 2.42. The Morgan fingerprint density at radius 3 is 2.52 bits per heavy atom. The summed E-state index contributed by atoms with van der Waals surface area (Å²) in [5.74, 6) is -1.39. The number of hydrogen-bond acceptors (Lipinski definition) is 3. The molecule has 27 heavy (non-hydrogen) atoms. The zero-order valence-corrected chi connectivity index (χ0v) is 14.4. The molecule has 0 saturated heterocycles. The Labute approximate surface area is 157 Å². The number of aromatic nitrogens is 1. The van der Waals surface area contributed by atoms with Crippen molar-refractivity contribution in [3.05, 3.63) is 77.3 Å². The molecule has 3 rings (SSSR count). The third-order valence-electron chi connectivity index (χ3n) is 3.63. The fraction of sp³-hybridized carbons (Fsp3) is 0.0526. The minimum absolute atomic E-state index is 0.0231. The lowest BCUT2D eigenvalue weighted by Gasteiger charge is -2.12. The molecule has 8 heteroatoms. The first kappa shape index (κ1) is 18.7. The van der Waals surface area contributed by atoms with Crippen molar-refractivity contribution in [1.82, 2.24) is 4.98 Å². The van der Waals surface area contributed by atoms with E-state index in [2.05, 4.69) is 15.0 Å². The molecule has 138 valence electrons. The number of carbonyl (C=O) groups is 1. The molecule has 0 aliphatic carbocycles. The first-order valence-corrected chi connectivity index (χ1v) is 8.07. The molecular weight excluding hydrogens is 381 g/mol. The highest BCUT2D eigenvalue weighted by Crippen LogP contribution is 2.34. The molecule has 0 aliphatic rings. The number of nitrogens with one attached hydrogen (secondary N) is 1. The Morgan fingerprint density at radius 2 is 1.85 bits per heavy atom. The van der Waals surface area contributed by atoms with Crippen molar-refractivity contribution in [2.45, 2.75) is 6.61 Å². The first-order valence-electron chi connectivity index (χ1n) is 7.69. The topological polar surface area (TPSA) is 51.2 Å². The predicted octanol–water partition coefficient (Wildman–Crippen LogP) is 5.39. The van der Waals surface area contributed by atoms with Crippen LogP contribution in [0.15, 0.2) is 60.9 Å². The van der Waals surface area contributed by atoms with Gasteiger partial charge >= 0.3 is 6.61 Å². The first-order chi connectivity index (χ1) is 12.9. The van der Waals surface area contributed by atoms with Crippen LogP contribution in [0.25, 0.3) is 11.1 Å². The maximum Gasteiger partial charge on any atom is 0.387 e. The lowest BCUT2D eigenvalue weighted by Crippen LogP contribution is -2.13. The monoisotopic (exact) mass is 392 g/mol. The molecular formula is C19H12ClF3N2O2. The minimum atomic E-state index is -2.97. The highest BCUT2D eigenvalue weighted by Gasteiger charge is 2.14. The van der Waals surface area contributed by atoms with Crippen molar-refractivity contribution >= 4 is 23.2 Å². The molecule has 1 heterocycles. The van der Waals surface area contributed by atoms with Crippen molar-refractivity contribution in [2.24, 2.45) is 0 Å². The van der Waals surface area contributed by atoms with E-state index in [1.54, 1.807) is 24.3 Å². The number of ether oxygens (including phenoxy) is 1. The quantitative estimate of drug-likeness (QED) is 0.633. The van der Waals surface area contributed by atoms with Crippen LogP contribution in [-0.4, -0.2) is 17.5 Å². The number of amides is 1. The molecule has 2 aromatic carbocycles. The Hall–Kier alpha value is -3.06. The van der Waals surface area contributed by atoms with E-state index in [1.807, 2.05) is 0 Å². The van der Waals surface area contributed by atoms with Crippen LogP contribution in [0.5, 0.6) is 5.75 Å². The van der Waals surface area contributed by atoms with E-state index in [-0.39, 0.29) is 11.3 Å². The number of rotatable bonds is 5. The van der Waals surface area contributed by atoms with Gasteiger partial charge in [0.05, 0.1) is 11.8 Å². The maximum absolute atomic E-state index is 13.6. The number of alkyl halides is 2. The zero-order chi connectivity index (χ0) is 19.4. The van der Waals surface area contributed by atoms with Gasteiger partial charge in [0.15, 0.2) is 5.82 Å². The van der Waals surface area contributed by atoms with Crippen molar-refractivity contribution in [3.8, 4) is 16.9 Å². The van der Waals surface area contributed by atoms with Crippen molar-refractivity contribution in [3.63, 3.8) is 0 Å². The number of halogens is 4. The van der Waals surface area contributed by atoms with Gasteiger partial charge in [-0.05, 0) is 42.0 Å². The van der Waals surface area contributed by atoms with E-state index in [4.69, 9.17) is 11.6 Å². The van der Waals surface area contributed by atoms with Crippen LogP contribution in [0, 0.1) is 5.82 Å². The van der Waals surface area contributed by atoms with Crippen LogP contribution in [0.3, 0.4) is 0 Å². The predicted molar refractivity (Wildman–Crippen MR) is 95.7 cm³/mol. The van der Waals surface area contributed by atoms with E-state index in [1.165, 1.54) is 30.5 Å². The standard InChI is InChI=1S/C19H12ClF3N2O2/c20-12-3-6-17(27-19(22)23)15(9-12)11-1-4-13(5-2-11)25-18(26)14-7-8-24-10-16(14)21/h1-10,19H,(H,25,26). The van der Waals surface area contributed by atoms with Crippen LogP contribution >= 0.6 is 11.6 Å². The highest BCUT2D eigenvalue weighted by atomic mass is 35.5. The summed E-state index contributed by atoms with van der Waals surface area (Å²) < 4.78 is 43.3. The number of pyridine rings is 1. The van der Waals surface area contributed by atoms with Gasteiger partial charge in [0.2, 0.25) is 0 Å². The van der Waals surface area contributed by atoms with Gasteiger partial charge in [0.1, 0.15) is 5.75 Å². The van der Waals surface area contributed by atoms with Crippen LogP contribution in [-0.2, 0) is 0 Å². The second kappa shape index (κ2) is 8.09. The minimum Gasteiger partial charge on any atom is -0.434 e. The van der Waals surface area contributed by atoms with Gasteiger partial charge in [-0.25, -0.2) is 4.39 Å². The number of carbonyl (C=O) groups excluding carboxylic acids is 1. The molecule has 1 amide bonds. The summed E-state index contributed by atoms with van der Waals surface area (Å²) >= 11 is 5.95. The summed E-state index contributed by atoms with van der Waals surface area (Å²) in [6, 6.07) is 11.9. The molecule has 0 radical (unpaired) electrons. The molecule has 0 unspecified atom stereocenters. The maximum atomic E-state index is 13.6. The van der Waals surface area contributed by atoms with Gasteiger partial charge in [-0.3, -0.25) is 9.78 Å². The van der Waals surface area contributed by atoms with Gasteiger partial charge in [0.25, 0.3) is 5.91 Å². The average Bonchev–Trinajstić information content (AvgIpc) is 2.64. The summed E-state index contributed by atoms with van der Waals surface area (Å²) in [5.41, 5.74) is 1.19.